The van der Waals surface area contributed by atoms with Crippen molar-refractivity contribution in [3.8, 4) is 0 Å². The van der Waals surface area contributed by atoms with E-state index >= 15 is 0 Å². The minimum atomic E-state index is -0.259. The molecule has 0 fully saturated rings. The highest BCUT2D eigenvalue weighted by Crippen LogP contribution is 1.97. The highest BCUT2D eigenvalue weighted by atomic mass is 16.3. The second-order valence-corrected chi connectivity index (χ2v) is 2.31. The minimum absolute atomic E-state index is 0.259. The monoisotopic (exact) mass is 140 g/mol. The molecule has 10 heavy (non-hydrogen) atoms. The van der Waals surface area contributed by atoms with Crippen LogP contribution in [-0.4, -0.2) is 11.2 Å². The van der Waals surface area contributed by atoms with Gasteiger partial charge in [-0.3, -0.25) is 0 Å². The molecule has 0 spiro atoms. The molecule has 0 aliphatic heterocycles. The van der Waals surface area contributed by atoms with Crippen molar-refractivity contribution in [2.75, 3.05) is 0 Å². The Morgan fingerprint density at radius 3 is 2.80 bits per heavy atom. The normalized spacial score (nSPS) is 13.8. The van der Waals surface area contributed by atoms with E-state index in [9.17, 15) is 0 Å². The lowest BCUT2D eigenvalue weighted by atomic mass is 10.2. The van der Waals surface area contributed by atoms with Crippen LogP contribution in [0, 0.1) is 0 Å². The summed E-state index contributed by atoms with van der Waals surface area (Å²) in [5, 5.41) is 9.15. The van der Waals surface area contributed by atoms with E-state index in [1.165, 1.54) is 0 Å². The van der Waals surface area contributed by atoms with E-state index in [2.05, 4.69) is 13.5 Å². The van der Waals surface area contributed by atoms with Gasteiger partial charge >= 0.3 is 0 Å². The molecule has 0 saturated carbocycles. The first-order valence-electron chi connectivity index (χ1n) is 3.76. The highest BCUT2D eigenvalue weighted by molar-refractivity contribution is 4.92. The summed E-state index contributed by atoms with van der Waals surface area (Å²) in [6.45, 7) is 5.63. The molecule has 1 heteroatoms. The van der Waals surface area contributed by atoms with Gasteiger partial charge in [0.1, 0.15) is 0 Å². The first kappa shape index (κ1) is 9.44. The number of aliphatic hydroxyl groups excluding tert-OH is 1. The molecule has 0 aliphatic carbocycles. The Bertz CT molecular complexity index is 105. The van der Waals surface area contributed by atoms with Crippen LogP contribution in [0.4, 0.5) is 0 Å². The second kappa shape index (κ2) is 6.56. The molecule has 58 valence electrons. The van der Waals surface area contributed by atoms with Crippen molar-refractivity contribution >= 4 is 0 Å². The van der Waals surface area contributed by atoms with Crippen molar-refractivity contribution in [2.45, 2.75) is 32.3 Å². The van der Waals surface area contributed by atoms with Crippen molar-refractivity contribution in [1.82, 2.24) is 0 Å². The molecule has 0 heterocycles. The van der Waals surface area contributed by atoms with Crippen molar-refractivity contribution in [2.24, 2.45) is 0 Å². The maximum absolute atomic E-state index is 9.15. The molecular weight excluding hydrogens is 124 g/mol. The van der Waals surface area contributed by atoms with Crippen LogP contribution in [0.5, 0.6) is 0 Å². The van der Waals surface area contributed by atoms with Gasteiger partial charge in [-0.2, -0.15) is 0 Å². The molecule has 0 amide bonds. The van der Waals surface area contributed by atoms with Gasteiger partial charge < -0.3 is 5.11 Å². The van der Waals surface area contributed by atoms with E-state index in [0.29, 0.717) is 0 Å². The summed E-state index contributed by atoms with van der Waals surface area (Å²) in [6, 6.07) is 0. The van der Waals surface area contributed by atoms with Crippen LogP contribution in [0.25, 0.3) is 0 Å². The molecule has 0 aromatic carbocycles. The average Bonchev–Trinajstić information content (AvgIpc) is 1.89. The van der Waals surface area contributed by atoms with Crippen LogP contribution in [-0.2, 0) is 0 Å². The molecule has 0 rings (SSSR count). The van der Waals surface area contributed by atoms with Crippen molar-refractivity contribution in [3.63, 3.8) is 0 Å². The predicted octanol–water partition coefficient (Wildman–Crippen LogP) is 2.28. The third-order valence-corrected chi connectivity index (χ3v) is 1.25. The number of rotatable bonds is 5. The fourth-order valence-electron chi connectivity index (χ4n) is 0.724. The number of hydrogen-bond donors (Lipinski definition) is 1. The largest absolute Gasteiger partial charge is 0.389 e. The first-order chi connectivity index (χ1) is 4.81. The highest BCUT2D eigenvalue weighted by Gasteiger charge is 1.93. The molecule has 0 aromatic rings. The molecular formula is C9H16O. The van der Waals surface area contributed by atoms with Crippen LogP contribution in [0.15, 0.2) is 24.8 Å². The molecule has 1 atom stereocenters. The summed E-state index contributed by atoms with van der Waals surface area (Å²) in [5.74, 6) is 0. The van der Waals surface area contributed by atoms with E-state index in [0.717, 1.165) is 19.3 Å². The van der Waals surface area contributed by atoms with Crippen LogP contribution in [0.2, 0.25) is 0 Å². The van der Waals surface area contributed by atoms with Gasteiger partial charge in [0.25, 0.3) is 0 Å². The Hall–Kier alpha value is -0.560. The summed E-state index contributed by atoms with van der Waals surface area (Å²) in [5.41, 5.74) is 0. The topological polar surface area (TPSA) is 20.2 Å². The van der Waals surface area contributed by atoms with Gasteiger partial charge in [-0.1, -0.05) is 31.6 Å². The lowest BCUT2D eigenvalue weighted by molar-refractivity contribution is 0.211. The maximum Gasteiger partial charge on any atom is 0.0720 e. The Balaban J connectivity index is 3.34. The summed E-state index contributed by atoms with van der Waals surface area (Å²) >= 11 is 0. The third kappa shape index (κ3) is 5.57. The van der Waals surface area contributed by atoms with E-state index < -0.39 is 0 Å². The zero-order chi connectivity index (χ0) is 7.82. The smallest absolute Gasteiger partial charge is 0.0720 e. The fraction of sp³-hybridized carbons (Fsp3) is 0.556. The summed E-state index contributed by atoms with van der Waals surface area (Å²) in [4.78, 5) is 0. The van der Waals surface area contributed by atoms with E-state index in [1.54, 1.807) is 0 Å². The maximum atomic E-state index is 9.15. The first-order valence-corrected chi connectivity index (χ1v) is 3.76. The number of hydrogen-bond acceptors (Lipinski definition) is 1. The summed E-state index contributed by atoms with van der Waals surface area (Å²) in [7, 11) is 0. The zero-order valence-electron chi connectivity index (χ0n) is 6.59. The van der Waals surface area contributed by atoms with E-state index in [-0.39, 0.29) is 6.10 Å². The Labute approximate surface area is 63.1 Å². The minimum Gasteiger partial charge on any atom is -0.389 e. The van der Waals surface area contributed by atoms with Crippen molar-refractivity contribution in [1.29, 1.82) is 0 Å². The van der Waals surface area contributed by atoms with Gasteiger partial charge in [-0.05, 0) is 12.8 Å². The van der Waals surface area contributed by atoms with Gasteiger partial charge in [0.15, 0.2) is 0 Å². The average molecular weight is 140 g/mol. The Kier molecular flexibility index (Phi) is 6.19. The Morgan fingerprint density at radius 1 is 1.60 bits per heavy atom. The van der Waals surface area contributed by atoms with Gasteiger partial charge in [0, 0.05) is 0 Å². The van der Waals surface area contributed by atoms with Gasteiger partial charge in [0.05, 0.1) is 6.10 Å². The summed E-state index contributed by atoms with van der Waals surface area (Å²) < 4.78 is 0. The third-order valence-electron chi connectivity index (χ3n) is 1.25. The van der Waals surface area contributed by atoms with E-state index in [4.69, 9.17) is 5.11 Å². The molecule has 1 nitrogen and oxygen atoms in total. The van der Waals surface area contributed by atoms with Crippen LogP contribution < -0.4 is 0 Å². The Morgan fingerprint density at radius 2 is 2.30 bits per heavy atom. The number of aliphatic hydroxyl groups is 1. The second-order valence-electron chi connectivity index (χ2n) is 2.31. The van der Waals surface area contributed by atoms with Crippen molar-refractivity contribution < 1.29 is 5.11 Å². The van der Waals surface area contributed by atoms with Crippen LogP contribution >= 0.6 is 0 Å². The molecule has 1 N–H and O–H groups in total. The fourth-order valence-corrected chi connectivity index (χ4v) is 0.724. The van der Waals surface area contributed by atoms with Gasteiger partial charge in [-0.15, -0.1) is 6.58 Å². The molecule has 0 aliphatic rings. The quantitative estimate of drug-likeness (QED) is 0.581. The standard InChI is InChI=1S/C9H16O/c1-3-5-6-8-9(10)7-4-2/h3,6,8-10H,1,4-5,7H2,2H3/b8-6+. The zero-order valence-corrected chi connectivity index (χ0v) is 6.59. The molecule has 0 radical (unpaired) electrons. The predicted molar refractivity (Wildman–Crippen MR) is 44.9 cm³/mol. The summed E-state index contributed by atoms with van der Waals surface area (Å²) in [6.07, 6.45) is 8.05. The lowest BCUT2D eigenvalue weighted by Crippen LogP contribution is -1.99. The van der Waals surface area contributed by atoms with Gasteiger partial charge in [-0.25, -0.2) is 0 Å². The van der Waals surface area contributed by atoms with Crippen LogP contribution in [0.3, 0.4) is 0 Å². The lowest BCUT2D eigenvalue weighted by Gasteiger charge is -2.00. The van der Waals surface area contributed by atoms with Crippen molar-refractivity contribution in [3.05, 3.63) is 24.8 Å². The van der Waals surface area contributed by atoms with E-state index in [1.807, 2.05) is 18.2 Å². The SMILES string of the molecule is C=CC/C=C/C(O)CCC. The molecule has 0 bridgehead atoms. The molecule has 0 aromatic heterocycles. The van der Waals surface area contributed by atoms with Gasteiger partial charge in [0.2, 0.25) is 0 Å². The number of allylic oxidation sites excluding steroid dienone is 2. The molecule has 0 saturated heterocycles. The van der Waals surface area contributed by atoms with Crippen LogP contribution in [0.1, 0.15) is 26.2 Å². The molecule has 1 unspecified atom stereocenters.